The molecule has 0 aliphatic carbocycles. The number of phenolic OH excluding ortho intramolecular Hbond substituents is 1. The first-order valence-corrected chi connectivity index (χ1v) is 7.02. The lowest BCUT2D eigenvalue weighted by Crippen LogP contribution is -2.43. The maximum atomic E-state index is 12.1. The Hall–Kier alpha value is -2.24. The smallest absolute Gasteiger partial charge is 0.317 e. The third-order valence-corrected chi connectivity index (χ3v) is 3.67. The maximum absolute atomic E-state index is 12.1. The fourth-order valence-corrected chi connectivity index (χ4v) is 2.48. The topological polar surface area (TPSA) is 89.9 Å². The zero-order chi connectivity index (χ0) is 15.4. The van der Waals surface area contributed by atoms with Gasteiger partial charge in [-0.1, -0.05) is 12.1 Å². The van der Waals surface area contributed by atoms with E-state index in [1.54, 1.807) is 17.0 Å². The lowest BCUT2D eigenvalue weighted by atomic mass is 10.1. The molecule has 2 rings (SSSR count). The number of hydrogen-bond acceptors (Lipinski definition) is 3. The van der Waals surface area contributed by atoms with Crippen LogP contribution in [0.3, 0.4) is 0 Å². The van der Waals surface area contributed by atoms with E-state index in [1.807, 2.05) is 19.1 Å². The predicted octanol–water partition coefficient (Wildman–Crippen LogP) is 1.44. The number of urea groups is 1. The molecule has 1 heterocycles. The highest BCUT2D eigenvalue weighted by Gasteiger charge is 2.31. The summed E-state index contributed by atoms with van der Waals surface area (Å²) >= 11 is 0. The van der Waals surface area contributed by atoms with Gasteiger partial charge < -0.3 is 20.4 Å². The van der Waals surface area contributed by atoms with Gasteiger partial charge in [0, 0.05) is 19.1 Å². The Balaban J connectivity index is 1.82. The van der Waals surface area contributed by atoms with E-state index in [0.29, 0.717) is 19.4 Å². The molecule has 2 amide bonds. The maximum Gasteiger partial charge on any atom is 0.317 e. The van der Waals surface area contributed by atoms with E-state index in [-0.39, 0.29) is 24.4 Å². The van der Waals surface area contributed by atoms with E-state index < -0.39 is 11.9 Å². The molecule has 114 valence electrons. The standard InChI is InChI=1S/C15H20N2O4/c1-10(8-11-2-4-13(18)5-3-11)16-15(21)17-7-6-12(9-17)14(19)20/h2-5,10,12,18H,6-9H2,1H3,(H,16,21)(H,19,20). The van der Waals surface area contributed by atoms with Crippen molar-refractivity contribution >= 4 is 12.0 Å². The van der Waals surface area contributed by atoms with Crippen LogP contribution >= 0.6 is 0 Å². The minimum Gasteiger partial charge on any atom is -0.508 e. The molecule has 3 N–H and O–H groups in total. The van der Waals surface area contributed by atoms with Crippen molar-refractivity contribution in [2.45, 2.75) is 25.8 Å². The summed E-state index contributed by atoms with van der Waals surface area (Å²) < 4.78 is 0. The zero-order valence-corrected chi connectivity index (χ0v) is 12.0. The number of rotatable bonds is 4. The summed E-state index contributed by atoms with van der Waals surface area (Å²) in [4.78, 5) is 24.5. The first kappa shape index (κ1) is 15.2. The Morgan fingerprint density at radius 1 is 1.38 bits per heavy atom. The van der Waals surface area contributed by atoms with E-state index >= 15 is 0 Å². The Kier molecular flexibility index (Phi) is 4.67. The predicted molar refractivity (Wildman–Crippen MR) is 77.1 cm³/mol. The molecule has 21 heavy (non-hydrogen) atoms. The number of nitrogens with one attached hydrogen (secondary N) is 1. The van der Waals surface area contributed by atoms with Gasteiger partial charge in [0.05, 0.1) is 5.92 Å². The molecule has 0 radical (unpaired) electrons. The van der Waals surface area contributed by atoms with Gasteiger partial charge in [-0.25, -0.2) is 4.79 Å². The van der Waals surface area contributed by atoms with Crippen molar-refractivity contribution in [2.24, 2.45) is 5.92 Å². The van der Waals surface area contributed by atoms with Crippen LogP contribution in [0.2, 0.25) is 0 Å². The van der Waals surface area contributed by atoms with Gasteiger partial charge >= 0.3 is 12.0 Å². The number of carbonyl (C=O) groups is 2. The average molecular weight is 292 g/mol. The quantitative estimate of drug-likeness (QED) is 0.783. The van der Waals surface area contributed by atoms with Crippen LogP contribution in [0.4, 0.5) is 4.79 Å². The van der Waals surface area contributed by atoms with Crippen LogP contribution in [0.5, 0.6) is 5.75 Å². The van der Waals surface area contributed by atoms with Gasteiger partial charge in [0.1, 0.15) is 5.75 Å². The summed E-state index contributed by atoms with van der Waals surface area (Å²) in [7, 11) is 0. The SMILES string of the molecule is CC(Cc1ccc(O)cc1)NC(=O)N1CCC(C(=O)O)C1. The number of carboxylic acids is 1. The Morgan fingerprint density at radius 3 is 2.62 bits per heavy atom. The van der Waals surface area contributed by atoms with E-state index in [9.17, 15) is 14.7 Å². The second kappa shape index (κ2) is 6.47. The lowest BCUT2D eigenvalue weighted by Gasteiger charge is -2.20. The van der Waals surface area contributed by atoms with Crippen molar-refractivity contribution in [1.82, 2.24) is 10.2 Å². The summed E-state index contributed by atoms with van der Waals surface area (Å²) in [5.74, 6) is -1.09. The molecular weight excluding hydrogens is 272 g/mol. The molecule has 0 saturated carbocycles. The summed E-state index contributed by atoms with van der Waals surface area (Å²) in [6, 6.07) is 6.57. The van der Waals surface area contributed by atoms with Gasteiger partial charge in [0.25, 0.3) is 0 Å². The van der Waals surface area contributed by atoms with Crippen molar-refractivity contribution in [2.75, 3.05) is 13.1 Å². The van der Waals surface area contributed by atoms with Crippen molar-refractivity contribution < 1.29 is 19.8 Å². The molecule has 0 bridgehead atoms. The van der Waals surface area contributed by atoms with Crippen molar-refractivity contribution in [3.63, 3.8) is 0 Å². The van der Waals surface area contributed by atoms with Gasteiger partial charge in [-0.2, -0.15) is 0 Å². The molecule has 1 aromatic rings. The molecule has 0 spiro atoms. The molecular formula is C15H20N2O4. The number of aliphatic carboxylic acids is 1. The highest BCUT2D eigenvalue weighted by Crippen LogP contribution is 2.16. The number of aromatic hydroxyl groups is 1. The van der Waals surface area contributed by atoms with Crippen LogP contribution in [-0.2, 0) is 11.2 Å². The van der Waals surface area contributed by atoms with Gasteiger partial charge in [0.2, 0.25) is 0 Å². The minimum absolute atomic E-state index is 0.0640. The van der Waals surface area contributed by atoms with Crippen LogP contribution in [0, 0.1) is 5.92 Å². The number of amides is 2. The second-order valence-electron chi connectivity index (χ2n) is 5.49. The number of carboxylic acid groups (broad SMARTS) is 1. The molecule has 6 heteroatoms. The molecule has 6 nitrogen and oxygen atoms in total. The van der Waals surface area contributed by atoms with Crippen LogP contribution in [0.25, 0.3) is 0 Å². The minimum atomic E-state index is -0.845. The third-order valence-electron chi connectivity index (χ3n) is 3.67. The van der Waals surface area contributed by atoms with Crippen LogP contribution in [0.1, 0.15) is 18.9 Å². The first-order chi connectivity index (χ1) is 9.95. The Labute approximate surface area is 123 Å². The van der Waals surface area contributed by atoms with Crippen molar-refractivity contribution in [3.05, 3.63) is 29.8 Å². The molecule has 2 unspecified atom stereocenters. The van der Waals surface area contributed by atoms with Crippen molar-refractivity contribution in [1.29, 1.82) is 0 Å². The highest BCUT2D eigenvalue weighted by molar-refractivity contribution is 5.77. The molecule has 1 fully saturated rings. The molecule has 1 aromatic carbocycles. The normalized spacial score (nSPS) is 19.3. The van der Waals surface area contributed by atoms with Crippen LogP contribution < -0.4 is 5.32 Å². The fourth-order valence-electron chi connectivity index (χ4n) is 2.48. The highest BCUT2D eigenvalue weighted by atomic mass is 16.4. The van der Waals surface area contributed by atoms with E-state index in [4.69, 9.17) is 5.11 Å². The molecule has 0 aromatic heterocycles. The van der Waals surface area contributed by atoms with Gasteiger partial charge in [-0.05, 0) is 37.5 Å². The molecule has 1 aliphatic rings. The monoisotopic (exact) mass is 292 g/mol. The molecule has 1 saturated heterocycles. The summed E-state index contributed by atoms with van der Waals surface area (Å²) in [6.07, 6.45) is 1.16. The number of nitrogens with zero attached hydrogens (tertiary/aromatic N) is 1. The fraction of sp³-hybridized carbons (Fsp3) is 0.467. The molecule has 1 aliphatic heterocycles. The average Bonchev–Trinajstić information content (AvgIpc) is 2.91. The number of phenols is 1. The Morgan fingerprint density at radius 2 is 2.05 bits per heavy atom. The summed E-state index contributed by atoms with van der Waals surface area (Å²) in [5.41, 5.74) is 1.02. The Bertz CT molecular complexity index is 515. The van der Waals surface area contributed by atoms with Gasteiger partial charge in [-0.3, -0.25) is 4.79 Å². The first-order valence-electron chi connectivity index (χ1n) is 7.02. The second-order valence-corrected chi connectivity index (χ2v) is 5.49. The van der Waals surface area contributed by atoms with E-state index in [2.05, 4.69) is 5.32 Å². The van der Waals surface area contributed by atoms with Crippen LogP contribution in [-0.4, -0.2) is 46.2 Å². The lowest BCUT2D eigenvalue weighted by molar-refractivity contribution is -0.141. The number of carbonyl (C=O) groups excluding carboxylic acids is 1. The van der Waals surface area contributed by atoms with Crippen molar-refractivity contribution in [3.8, 4) is 5.75 Å². The number of likely N-dealkylation sites (tertiary alicyclic amines) is 1. The number of hydrogen-bond donors (Lipinski definition) is 3. The van der Waals surface area contributed by atoms with E-state index in [1.165, 1.54) is 0 Å². The third kappa shape index (κ3) is 4.11. The zero-order valence-electron chi connectivity index (χ0n) is 12.0. The van der Waals surface area contributed by atoms with Gasteiger partial charge in [0.15, 0.2) is 0 Å². The summed E-state index contributed by atoms with van der Waals surface area (Å²) in [5, 5.41) is 21.0. The van der Waals surface area contributed by atoms with E-state index in [0.717, 1.165) is 5.56 Å². The molecule has 2 atom stereocenters. The number of benzene rings is 1. The summed E-state index contributed by atoms with van der Waals surface area (Å²) in [6.45, 7) is 2.65. The largest absolute Gasteiger partial charge is 0.508 e. The van der Waals surface area contributed by atoms with Crippen LogP contribution in [0.15, 0.2) is 24.3 Å². The van der Waals surface area contributed by atoms with Gasteiger partial charge in [-0.15, -0.1) is 0 Å².